The summed E-state index contributed by atoms with van der Waals surface area (Å²) in [5.41, 5.74) is 1.73. The molecule has 1 aliphatic rings. The molecule has 0 saturated heterocycles. The van der Waals surface area contributed by atoms with Crippen LogP contribution in [0, 0.1) is 5.82 Å². The van der Waals surface area contributed by atoms with Crippen molar-refractivity contribution in [1.29, 1.82) is 0 Å². The Morgan fingerprint density at radius 1 is 1.15 bits per heavy atom. The topological polar surface area (TPSA) is 101 Å². The van der Waals surface area contributed by atoms with Crippen LogP contribution in [0.3, 0.4) is 0 Å². The van der Waals surface area contributed by atoms with Crippen LogP contribution < -0.4 is 10.3 Å². The van der Waals surface area contributed by atoms with Crippen LogP contribution in [0.15, 0.2) is 47.7 Å². The van der Waals surface area contributed by atoms with Gasteiger partial charge in [-0.25, -0.2) is 9.37 Å². The highest BCUT2D eigenvalue weighted by atomic mass is 19.1. The Morgan fingerprint density at radius 2 is 2.03 bits per heavy atom. The maximum absolute atomic E-state index is 15.1. The van der Waals surface area contributed by atoms with Gasteiger partial charge >= 0.3 is 0 Å². The van der Waals surface area contributed by atoms with Gasteiger partial charge in [-0.1, -0.05) is 26.2 Å². The summed E-state index contributed by atoms with van der Waals surface area (Å²) in [6.07, 6.45) is 9.78. The fourth-order valence-electron chi connectivity index (χ4n) is 4.01. The molecule has 0 bridgehead atoms. The third kappa shape index (κ3) is 4.64. The van der Waals surface area contributed by atoms with Gasteiger partial charge in [-0.3, -0.25) is 14.6 Å². The molecule has 0 amide bonds. The summed E-state index contributed by atoms with van der Waals surface area (Å²) in [6, 6.07) is 8.71. The van der Waals surface area contributed by atoms with E-state index in [0.29, 0.717) is 46.7 Å². The number of ether oxygens (including phenoxy) is 1. The Kier molecular flexibility index (Phi) is 6.24. The van der Waals surface area contributed by atoms with Crippen molar-refractivity contribution in [2.45, 2.75) is 51.5 Å². The highest BCUT2D eigenvalue weighted by Gasteiger charge is 2.26. The molecule has 8 nitrogen and oxygen atoms in total. The Bertz CT molecular complexity index is 1320. The normalized spacial score (nSPS) is 13.4. The largest absolute Gasteiger partial charge is 0.493 e. The summed E-state index contributed by atoms with van der Waals surface area (Å²) < 4.78 is 22.7. The van der Waals surface area contributed by atoms with Gasteiger partial charge in [0.2, 0.25) is 0 Å². The van der Waals surface area contributed by atoms with Crippen molar-refractivity contribution in [1.82, 2.24) is 29.9 Å². The van der Waals surface area contributed by atoms with Gasteiger partial charge in [0.25, 0.3) is 5.56 Å². The Balaban J connectivity index is 1.49. The van der Waals surface area contributed by atoms with Crippen LogP contribution >= 0.6 is 0 Å². The van der Waals surface area contributed by atoms with Crippen molar-refractivity contribution in [3.05, 3.63) is 59.0 Å². The van der Waals surface area contributed by atoms with Crippen molar-refractivity contribution in [2.24, 2.45) is 0 Å². The highest BCUT2D eigenvalue weighted by molar-refractivity contribution is 5.81. The number of hydrogen-bond acceptors (Lipinski definition) is 5. The van der Waals surface area contributed by atoms with Crippen LogP contribution in [0.5, 0.6) is 5.75 Å². The summed E-state index contributed by atoms with van der Waals surface area (Å²) in [6.45, 7) is 2.71. The van der Waals surface area contributed by atoms with E-state index in [1.54, 1.807) is 18.2 Å². The van der Waals surface area contributed by atoms with E-state index in [4.69, 9.17) is 4.74 Å². The zero-order valence-electron chi connectivity index (χ0n) is 19.1. The number of unbranched alkanes of at least 4 members (excludes halogenated alkanes) is 3. The van der Waals surface area contributed by atoms with E-state index in [2.05, 4.69) is 32.2 Å². The summed E-state index contributed by atoms with van der Waals surface area (Å²) in [4.78, 5) is 20.1. The predicted molar refractivity (Wildman–Crippen MR) is 127 cm³/mol. The van der Waals surface area contributed by atoms with E-state index in [1.165, 1.54) is 12.4 Å². The Labute approximate surface area is 196 Å². The molecule has 0 unspecified atom stereocenters. The van der Waals surface area contributed by atoms with E-state index in [-0.39, 0.29) is 5.56 Å². The first-order chi connectivity index (χ1) is 16.6. The van der Waals surface area contributed by atoms with Gasteiger partial charge in [-0.05, 0) is 43.5 Å². The zero-order valence-corrected chi connectivity index (χ0v) is 19.1. The minimum absolute atomic E-state index is 0.280. The molecule has 1 saturated carbocycles. The lowest BCUT2D eigenvalue weighted by Crippen LogP contribution is -2.13. The summed E-state index contributed by atoms with van der Waals surface area (Å²) >= 11 is 0. The van der Waals surface area contributed by atoms with Crippen LogP contribution in [0.1, 0.15) is 51.5 Å². The highest BCUT2D eigenvalue weighted by Crippen LogP contribution is 2.36. The first-order valence-corrected chi connectivity index (χ1v) is 11.8. The molecule has 1 fully saturated rings. The standard InChI is InChI=1S/C25H27FN6O2/c1-2-3-4-5-12-34-17-8-9-18(20(26)13-17)22-14-19(21-10-11-32(31-21)16-6-7-16)23(25(33)29-22)24-27-15-28-30-24/h8-11,13-16H,2-7,12H2,1H3,(H,29,33)(H,27,28,30). The molecular weight excluding hydrogens is 435 g/mol. The minimum Gasteiger partial charge on any atom is -0.493 e. The first-order valence-electron chi connectivity index (χ1n) is 11.8. The second-order valence-electron chi connectivity index (χ2n) is 8.60. The molecule has 0 atom stereocenters. The van der Waals surface area contributed by atoms with Gasteiger partial charge in [0.15, 0.2) is 5.82 Å². The summed E-state index contributed by atoms with van der Waals surface area (Å²) in [5.74, 6) is 0.335. The van der Waals surface area contributed by atoms with Crippen LogP contribution in [0.25, 0.3) is 33.9 Å². The van der Waals surface area contributed by atoms with Gasteiger partial charge < -0.3 is 9.72 Å². The van der Waals surface area contributed by atoms with Crippen molar-refractivity contribution in [3.8, 4) is 39.7 Å². The van der Waals surface area contributed by atoms with Crippen molar-refractivity contribution in [2.75, 3.05) is 6.61 Å². The summed E-state index contributed by atoms with van der Waals surface area (Å²) in [5, 5.41) is 11.3. The van der Waals surface area contributed by atoms with Crippen LogP contribution in [-0.2, 0) is 0 Å². The van der Waals surface area contributed by atoms with Gasteiger partial charge in [0.05, 0.1) is 29.6 Å². The molecule has 3 heterocycles. The molecule has 176 valence electrons. The average molecular weight is 463 g/mol. The van der Waals surface area contributed by atoms with Crippen LogP contribution in [-0.4, -0.2) is 36.6 Å². The number of H-pyrrole nitrogens is 2. The van der Waals surface area contributed by atoms with E-state index < -0.39 is 11.4 Å². The van der Waals surface area contributed by atoms with Crippen molar-refractivity contribution >= 4 is 0 Å². The van der Waals surface area contributed by atoms with Gasteiger partial charge in [-0.2, -0.15) is 10.2 Å². The van der Waals surface area contributed by atoms with Crippen molar-refractivity contribution < 1.29 is 9.13 Å². The monoisotopic (exact) mass is 462 g/mol. The molecule has 9 heteroatoms. The van der Waals surface area contributed by atoms with Gasteiger partial charge in [-0.15, -0.1) is 0 Å². The third-order valence-corrected chi connectivity index (χ3v) is 5.99. The number of hydrogen-bond donors (Lipinski definition) is 2. The lowest BCUT2D eigenvalue weighted by molar-refractivity contribution is 0.303. The molecular formula is C25H27FN6O2. The van der Waals surface area contributed by atoms with Gasteiger partial charge in [0, 0.05) is 23.4 Å². The average Bonchev–Trinajstić information content (AvgIpc) is 3.31. The fourth-order valence-corrected chi connectivity index (χ4v) is 4.01. The molecule has 2 N–H and O–H groups in total. The maximum Gasteiger partial charge on any atom is 0.260 e. The van der Waals surface area contributed by atoms with E-state index >= 15 is 4.39 Å². The number of pyridine rings is 1. The number of halogens is 1. The fraction of sp³-hybridized carbons (Fsp3) is 0.360. The Morgan fingerprint density at radius 3 is 2.76 bits per heavy atom. The molecule has 1 aromatic carbocycles. The number of rotatable bonds is 10. The van der Waals surface area contributed by atoms with E-state index in [1.807, 2.05) is 16.9 Å². The maximum atomic E-state index is 15.1. The second-order valence-corrected chi connectivity index (χ2v) is 8.60. The minimum atomic E-state index is -0.469. The van der Waals surface area contributed by atoms with E-state index in [0.717, 1.165) is 38.5 Å². The lowest BCUT2D eigenvalue weighted by atomic mass is 10.0. The molecule has 1 aliphatic carbocycles. The molecule has 0 radical (unpaired) electrons. The number of nitrogens with one attached hydrogen (secondary N) is 2. The number of aromatic nitrogens is 6. The third-order valence-electron chi connectivity index (χ3n) is 5.99. The number of aromatic amines is 2. The van der Waals surface area contributed by atoms with Crippen LogP contribution in [0.4, 0.5) is 4.39 Å². The molecule has 0 aliphatic heterocycles. The SMILES string of the molecule is CCCCCCOc1ccc(-c2cc(-c3ccn(C4CC4)n3)c(-c3ncn[nH]3)c(=O)[nH]2)c(F)c1. The molecule has 3 aromatic heterocycles. The summed E-state index contributed by atoms with van der Waals surface area (Å²) in [7, 11) is 0. The smallest absolute Gasteiger partial charge is 0.260 e. The van der Waals surface area contributed by atoms with Gasteiger partial charge in [0.1, 0.15) is 17.9 Å². The second kappa shape index (κ2) is 9.62. The zero-order chi connectivity index (χ0) is 23.5. The molecule has 34 heavy (non-hydrogen) atoms. The number of nitrogens with zero attached hydrogens (tertiary/aromatic N) is 4. The Hall–Kier alpha value is -3.75. The predicted octanol–water partition coefficient (Wildman–Crippen LogP) is 5.12. The number of benzene rings is 1. The lowest BCUT2D eigenvalue weighted by Gasteiger charge is -2.11. The van der Waals surface area contributed by atoms with E-state index in [9.17, 15) is 4.79 Å². The first kappa shape index (κ1) is 22.1. The van der Waals surface area contributed by atoms with Crippen LogP contribution in [0.2, 0.25) is 0 Å². The molecule has 5 rings (SSSR count). The van der Waals surface area contributed by atoms with Crippen molar-refractivity contribution in [3.63, 3.8) is 0 Å². The quantitative estimate of drug-likeness (QED) is 0.318. The molecule has 0 spiro atoms. The molecule has 4 aromatic rings.